The van der Waals surface area contributed by atoms with Gasteiger partial charge in [-0.3, -0.25) is 9.59 Å². The van der Waals surface area contributed by atoms with Gasteiger partial charge in [0, 0.05) is 13.0 Å². The van der Waals surface area contributed by atoms with E-state index in [4.69, 9.17) is 9.47 Å². The van der Waals surface area contributed by atoms with E-state index in [1.807, 2.05) is 48.5 Å². The minimum atomic E-state index is -0.904. The molecule has 0 bridgehead atoms. The van der Waals surface area contributed by atoms with Gasteiger partial charge in [0.2, 0.25) is 11.8 Å². The largest absolute Gasteiger partial charge is 0.453 e. The Kier molecular flexibility index (Phi) is 9.91. The highest BCUT2D eigenvalue weighted by Gasteiger charge is 2.51. The molecule has 52 heavy (non-hydrogen) atoms. The Labute approximate surface area is 299 Å². The summed E-state index contributed by atoms with van der Waals surface area (Å²) in [5, 5.41) is 4.91. The maximum absolute atomic E-state index is 13.1. The summed E-state index contributed by atoms with van der Waals surface area (Å²) in [6.45, 7) is 1.36. The third-order valence-corrected chi connectivity index (χ3v) is 9.68. The normalized spacial score (nSPS) is 19.2. The van der Waals surface area contributed by atoms with Crippen molar-refractivity contribution in [3.05, 3.63) is 72.6 Å². The van der Waals surface area contributed by atoms with Gasteiger partial charge in [0.25, 0.3) is 0 Å². The molecule has 16 heteroatoms. The molecule has 0 radical (unpaired) electrons. The first kappa shape index (κ1) is 34.7. The average molecular weight is 713 g/mol. The van der Waals surface area contributed by atoms with Gasteiger partial charge < -0.3 is 49.3 Å². The Morgan fingerprint density at radius 3 is 1.75 bits per heavy atom. The Hall–Kier alpha value is -5.74. The molecule has 7 rings (SSSR count). The van der Waals surface area contributed by atoms with Crippen LogP contribution in [0.25, 0.3) is 33.6 Å². The number of alkyl carbamates (subject to hydrolysis) is 2. The molecule has 272 valence electrons. The molecule has 0 unspecified atom stereocenters. The van der Waals surface area contributed by atoms with Crippen LogP contribution in [0.5, 0.6) is 0 Å². The lowest BCUT2D eigenvalue weighted by atomic mass is 10.0. The van der Waals surface area contributed by atoms with Crippen molar-refractivity contribution < 1.29 is 38.1 Å². The zero-order valence-electron chi connectivity index (χ0n) is 28.8. The molecule has 3 saturated heterocycles. The maximum Gasteiger partial charge on any atom is 0.407 e. The lowest BCUT2D eigenvalue weighted by Gasteiger charge is -2.23. The number of nitrogens with zero attached hydrogens (tertiary/aromatic N) is 4. The van der Waals surface area contributed by atoms with Crippen LogP contribution in [-0.2, 0) is 28.5 Å². The molecule has 3 aliphatic rings. The van der Waals surface area contributed by atoms with Gasteiger partial charge in [-0.15, -0.1) is 0 Å². The highest BCUT2D eigenvalue weighted by Crippen LogP contribution is 2.42. The zero-order valence-corrected chi connectivity index (χ0v) is 28.8. The predicted molar refractivity (Wildman–Crippen MR) is 185 cm³/mol. The number of amides is 4. The standard InChI is InChI=1S/C36H40N8O8/c1-49-34(47)39-19-30(45)43-13-3-4-28(43)32-37-17-26(41-32)24-9-5-22(6-10-24)23-7-11-25(12-8-23)27-18-38-33(42-27)29-16-36(51-14-15-52-36)21-44(29)31(46)20-40-35(48)50-2/h5-12,17-18,28-29H,3-4,13-16,19-21H2,1-2H3,(H,37,41)(H,38,42)(H,39,47)(H,40,48)/t28-,29-/m0/s1. The molecule has 3 aliphatic heterocycles. The summed E-state index contributed by atoms with van der Waals surface area (Å²) in [6.07, 6.45) is 4.24. The van der Waals surface area contributed by atoms with Gasteiger partial charge >= 0.3 is 12.2 Å². The topological polar surface area (TPSA) is 193 Å². The van der Waals surface area contributed by atoms with Gasteiger partial charge in [-0.2, -0.15) is 0 Å². The van der Waals surface area contributed by atoms with E-state index in [0.29, 0.717) is 37.8 Å². The predicted octanol–water partition coefficient (Wildman–Crippen LogP) is 3.53. The van der Waals surface area contributed by atoms with Crippen LogP contribution >= 0.6 is 0 Å². The molecular formula is C36H40N8O8. The molecule has 0 aliphatic carbocycles. The average Bonchev–Trinajstić information content (AvgIpc) is 4.03. The number of aromatic amines is 2. The van der Waals surface area contributed by atoms with Crippen molar-refractivity contribution in [1.29, 1.82) is 0 Å². The van der Waals surface area contributed by atoms with Gasteiger partial charge in [0.15, 0.2) is 5.79 Å². The second-order valence-electron chi connectivity index (χ2n) is 12.8. The first-order valence-electron chi connectivity index (χ1n) is 17.1. The van der Waals surface area contributed by atoms with Gasteiger partial charge in [0.1, 0.15) is 24.7 Å². The smallest absolute Gasteiger partial charge is 0.407 e. The van der Waals surface area contributed by atoms with Gasteiger partial charge in [-0.1, -0.05) is 48.5 Å². The van der Waals surface area contributed by atoms with Crippen molar-refractivity contribution in [2.75, 3.05) is 53.6 Å². The van der Waals surface area contributed by atoms with E-state index in [0.717, 1.165) is 46.5 Å². The molecule has 4 amide bonds. The maximum atomic E-state index is 13.1. The number of benzene rings is 2. The van der Waals surface area contributed by atoms with Crippen LogP contribution in [0.4, 0.5) is 9.59 Å². The van der Waals surface area contributed by atoms with Gasteiger partial charge in [-0.25, -0.2) is 19.6 Å². The molecular weight excluding hydrogens is 672 g/mol. The molecule has 16 nitrogen and oxygen atoms in total. The lowest BCUT2D eigenvalue weighted by Crippen LogP contribution is -2.42. The summed E-state index contributed by atoms with van der Waals surface area (Å²) in [6, 6.07) is 15.6. The number of ether oxygens (including phenoxy) is 4. The van der Waals surface area contributed by atoms with E-state index in [9.17, 15) is 19.2 Å². The van der Waals surface area contributed by atoms with E-state index in [1.165, 1.54) is 14.2 Å². The number of methoxy groups -OCH3 is 2. The molecule has 2 aromatic carbocycles. The molecule has 2 atom stereocenters. The second-order valence-corrected chi connectivity index (χ2v) is 12.8. The number of hydrogen-bond acceptors (Lipinski definition) is 10. The lowest BCUT2D eigenvalue weighted by molar-refractivity contribution is -0.152. The van der Waals surface area contributed by atoms with Crippen molar-refractivity contribution in [3.63, 3.8) is 0 Å². The number of H-pyrrole nitrogens is 2. The monoisotopic (exact) mass is 712 g/mol. The Balaban J connectivity index is 1.00. The fraction of sp³-hybridized carbons (Fsp3) is 0.389. The molecule has 5 heterocycles. The fourth-order valence-corrected chi connectivity index (χ4v) is 7.03. The fourth-order valence-electron chi connectivity index (χ4n) is 7.03. The number of carbonyl (C=O) groups excluding carboxylic acids is 4. The first-order chi connectivity index (χ1) is 25.3. The number of imidazole rings is 2. The van der Waals surface area contributed by atoms with Crippen LogP contribution in [0.3, 0.4) is 0 Å². The number of carbonyl (C=O) groups is 4. The summed E-state index contributed by atoms with van der Waals surface area (Å²) < 4.78 is 21.0. The molecule has 2 aromatic heterocycles. The van der Waals surface area contributed by atoms with Crippen LogP contribution in [0.2, 0.25) is 0 Å². The molecule has 1 spiro atoms. The highest BCUT2D eigenvalue weighted by molar-refractivity contribution is 5.83. The first-order valence-corrected chi connectivity index (χ1v) is 17.1. The van der Waals surface area contributed by atoms with Crippen LogP contribution in [0.15, 0.2) is 60.9 Å². The number of likely N-dealkylation sites (tertiary alicyclic amines) is 2. The molecule has 3 fully saturated rings. The molecule has 4 N–H and O–H groups in total. The van der Waals surface area contributed by atoms with Crippen molar-refractivity contribution >= 4 is 24.0 Å². The minimum Gasteiger partial charge on any atom is -0.453 e. The summed E-state index contributed by atoms with van der Waals surface area (Å²) in [5.41, 5.74) is 5.60. The van der Waals surface area contributed by atoms with Crippen molar-refractivity contribution in [1.82, 2.24) is 40.4 Å². The molecule has 4 aromatic rings. The van der Waals surface area contributed by atoms with Crippen molar-refractivity contribution in [3.8, 4) is 33.6 Å². The minimum absolute atomic E-state index is 0.130. The Bertz CT molecular complexity index is 1920. The Morgan fingerprint density at radius 2 is 1.23 bits per heavy atom. The summed E-state index contributed by atoms with van der Waals surface area (Å²) in [7, 11) is 2.50. The van der Waals surface area contributed by atoms with Crippen molar-refractivity contribution in [2.45, 2.75) is 37.1 Å². The Morgan fingerprint density at radius 1 is 0.750 bits per heavy atom. The van der Waals surface area contributed by atoms with Crippen LogP contribution in [-0.4, -0.2) is 113 Å². The number of hydrogen-bond donors (Lipinski definition) is 4. The highest BCUT2D eigenvalue weighted by atomic mass is 16.7. The van der Waals surface area contributed by atoms with Gasteiger partial charge in [0.05, 0.1) is 69.8 Å². The van der Waals surface area contributed by atoms with E-state index >= 15 is 0 Å². The number of nitrogens with one attached hydrogen (secondary N) is 4. The van der Waals surface area contributed by atoms with E-state index in [2.05, 4.69) is 40.0 Å². The summed E-state index contributed by atoms with van der Waals surface area (Å²) in [4.78, 5) is 68.3. The molecule has 0 saturated carbocycles. The quantitative estimate of drug-likeness (QED) is 0.200. The van der Waals surface area contributed by atoms with E-state index in [1.54, 1.807) is 22.2 Å². The summed E-state index contributed by atoms with van der Waals surface area (Å²) in [5.74, 6) is -0.0784. The van der Waals surface area contributed by atoms with Crippen LogP contribution < -0.4 is 10.6 Å². The van der Waals surface area contributed by atoms with Crippen LogP contribution in [0, 0.1) is 0 Å². The SMILES string of the molecule is COC(=O)NCC(=O)N1CCC[C@H]1c1ncc(-c2ccc(-c3ccc(-c4cnc([C@@H]5CC6(CN5C(=O)CNC(=O)OC)OCCO6)[nH]4)cc3)cc2)[nH]1. The third kappa shape index (κ3) is 7.20. The zero-order chi connectivity index (χ0) is 36.2. The number of rotatable bonds is 9. The second kappa shape index (κ2) is 14.9. The van der Waals surface area contributed by atoms with Crippen LogP contribution in [0.1, 0.15) is 43.0 Å². The van der Waals surface area contributed by atoms with E-state index < -0.39 is 24.0 Å². The van der Waals surface area contributed by atoms with E-state index in [-0.39, 0.29) is 37.5 Å². The van der Waals surface area contributed by atoms with Gasteiger partial charge in [-0.05, 0) is 35.1 Å². The number of aromatic nitrogens is 4. The third-order valence-electron chi connectivity index (χ3n) is 9.68. The summed E-state index contributed by atoms with van der Waals surface area (Å²) >= 11 is 0. The van der Waals surface area contributed by atoms with Crippen molar-refractivity contribution in [2.24, 2.45) is 0 Å².